The number of ether oxygens (including phenoxy) is 4. The van der Waals surface area contributed by atoms with Crippen molar-refractivity contribution in [1.29, 1.82) is 0 Å². The Bertz CT molecular complexity index is 541. The van der Waals surface area contributed by atoms with Crippen LogP contribution in [0.25, 0.3) is 0 Å². The molecule has 1 aromatic carbocycles. The summed E-state index contributed by atoms with van der Waals surface area (Å²) in [5.74, 6) is -1.78. The third kappa shape index (κ3) is 6.77. The third-order valence-electron chi connectivity index (χ3n) is 2.81. The molecule has 0 heterocycles. The number of hydrogen-bond acceptors (Lipinski definition) is 7. The minimum Gasteiger partial charge on any atom is -0.469 e. The van der Waals surface area contributed by atoms with Crippen molar-refractivity contribution in [3.63, 3.8) is 0 Å². The third-order valence-corrected chi connectivity index (χ3v) is 2.81. The van der Waals surface area contributed by atoms with Crippen LogP contribution in [0.4, 0.5) is 9.18 Å². The van der Waals surface area contributed by atoms with E-state index < -0.39 is 30.0 Å². The topological polar surface area (TPSA) is 88.1 Å². The van der Waals surface area contributed by atoms with Crippen LogP contribution in [0.2, 0.25) is 0 Å². The molecule has 1 rings (SSSR count). The Hall–Kier alpha value is -2.64. The summed E-state index contributed by atoms with van der Waals surface area (Å²) >= 11 is 0. The van der Waals surface area contributed by atoms with E-state index in [1.54, 1.807) is 0 Å². The van der Waals surface area contributed by atoms with Crippen LogP contribution in [-0.4, -0.2) is 38.4 Å². The predicted molar refractivity (Wildman–Crippen MR) is 74.7 cm³/mol. The van der Waals surface area contributed by atoms with Crippen molar-refractivity contribution in [1.82, 2.24) is 0 Å². The Balaban J connectivity index is 2.50. The van der Waals surface area contributed by atoms with Gasteiger partial charge in [-0.25, -0.2) is 14.0 Å². The number of methoxy groups -OCH3 is 2. The van der Waals surface area contributed by atoms with Gasteiger partial charge >= 0.3 is 18.1 Å². The van der Waals surface area contributed by atoms with Gasteiger partial charge in [0.05, 0.1) is 14.2 Å². The standard InChI is InChI=1S/C15H17FO7/c1-20-13(17)8-7-12(14(18)21-2)23-15(19)22-9-10-3-5-11(16)6-4-10/h3-6,12H,7-9H2,1-2H3. The summed E-state index contributed by atoms with van der Waals surface area (Å²) < 4.78 is 31.3. The lowest BCUT2D eigenvalue weighted by Gasteiger charge is -2.15. The molecule has 23 heavy (non-hydrogen) atoms. The second-order valence-corrected chi connectivity index (χ2v) is 4.41. The van der Waals surface area contributed by atoms with Gasteiger partial charge in [0.15, 0.2) is 0 Å². The average Bonchev–Trinajstić information content (AvgIpc) is 2.56. The van der Waals surface area contributed by atoms with Crippen molar-refractivity contribution in [3.8, 4) is 0 Å². The number of benzene rings is 1. The second kappa shape index (κ2) is 9.39. The zero-order valence-corrected chi connectivity index (χ0v) is 12.7. The quantitative estimate of drug-likeness (QED) is 0.558. The molecule has 0 spiro atoms. The maximum Gasteiger partial charge on any atom is 0.509 e. The molecule has 0 bridgehead atoms. The number of carbonyl (C=O) groups excluding carboxylic acids is 3. The zero-order valence-electron chi connectivity index (χ0n) is 12.7. The highest BCUT2D eigenvalue weighted by atomic mass is 19.1. The van der Waals surface area contributed by atoms with Crippen LogP contribution < -0.4 is 0 Å². The van der Waals surface area contributed by atoms with Gasteiger partial charge in [-0.3, -0.25) is 4.79 Å². The highest BCUT2D eigenvalue weighted by molar-refractivity contribution is 5.78. The smallest absolute Gasteiger partial charge is 0.469 e. The molecule has 0 aliphatic heterocycles. The van der Waals surface area contributed by atoms with Gasteiger partial charge in [-0.1, -0.05) is 12.1 Å². The van der Waals surface area contributed by atoms with Gasteiger partial charge in [0.2, 0.25) is 6.10 Å². The van der Waals surface area contributed by atoms with E-state index in [1.165, 1.54) is 31.4 Å². The van der Waals surface area contributed by atoms with Crippen molar-refractivity contribution in [3.05, 3.63) is 35.6 Å². The Kier molecular flexibility index (Phi) is 7.52. The largest absolute Gasteiger partial charge is 0.509 e. The molecule has 0 amide bonds. The Labute approximate surface area is 132 Å². The molecule has 0 N–H and O–H groups in total. The van der Waals surface area contributed by atoms with Crippen LogP contribution in [0.15, 0.2) is 24.3 Å². The van der Waals surface area contributed by atoms with E-state index >= 15 is 0 Å². The van der Waals surface area contributed by atoms with Crippen LogP contribution in [0.5, 0.6) is 0 Å². The number of rotatable bonds is 7. The van der Waals surface area contributed by atoms with Gasteiger partial charge in [0.25, 0.3) is 0 Å². The van der Waals surface area contributed by atoms with Crippen LogP contribution >= 0.6 is 0 Å². The van der Waals surface area contributed by atoms with Crippen molar-refractivity contribution >= 4 is 18.1 Å². The molecule has 0 fully saturated rings. The molecule has 1 unspecified atom stereocenters. The first-order chi connectivity index (χ1) is 11.0. The average molecular weight is 328 g/mol. The molecule has 0 saturated carbocycles. The number of halogens is 1. The van der Waals surface area contributed by atoms with E-state index in [0.717, 1.165) is 7.11 Å². The Morgan fingerprint density at radius 2 is 1.74 bits per heavy atom. The molecule has 0 aromatic heterocycles. The maximum absolute atomic E-state index is 12.7. The van der Waals surface area contributed by atoms with Crippen LogP contribution in [-0.2, 0) is 35.1 Å². The number of carbonyl (C=O) groups is 3. The van der Waals surface area contributed by atoms with E-state index in [4.69, 9.17) is 9.47 Å². The molecule has 126 valence electrons. The monoisotopic (exact) mass is 328 g/mol. The summed E-state index contributed by atoms with van der Waals surface area (Å²) in [7, 11) is 2.33. The predicted octanol–water partition coefficient (Wildman–Crippen LogP) is 1.97. The van der Waals surface area contributed by atoms with Crippen molar-refractivity contribution in [2.45, 2.75) is 25.6 Å². The van der Waals surface area contributed by atoms with Gasteiger partial charge < -0.3 is 18.9 Å². The first-order valence-corrected chi connectivity index (χ1v) is 6.68. The van der Waals surface area contributed by atoms with Crippen LogP contribution in [0.3, 0.4) is 0 Å². The van der Waals surface area contributed by atoms with E-state index in [-0.39, 0.29) is 19.4 Å². The van der Waals surface area contributed by atoms with Gasteiger partial charge in [0, 0.05) is 12.8 Å². The lowest BCUT2D eigenvalue weighted by molar-refractivity contribution is -0.153. The second-order valence-electron chi connectivity index (χ2n) is 4.41. The minimum atomic E-state index is -1.28. The molecule has 0 aliphatic rings. The first-order valence-electron chi connectivity index (χ1n) is 6.68. The summed E-state index contributed by atoms with van der Waals surface area (Å²) in [5.41, 5.74) is 0.549. The van der Waals surface area contributed by atoms with Gasteiger partial charge in [-0.2, -0.15) is 0 Å². The fourth-order valence-electron chi connectivity index (χ4n) is 1.58. The summed E-state index contributed by atoms with van der Waals surface area (Å²) in [6.07, 6.45) is -2.60. The summed E-state index contributed by atoms with van der Waals surface area (Å²) in [5, 5.41) is 0. The molecular formula is C15H17FO7. The lowest BCUT2D eigenvalue weighted by Crippen LogP contribution is -2.29. The van der Waals surface area contributed by atoms with Crippen LogP contribution in [0, 0.1) is 5.82 Å². The van der Waals surface area contributed by atoms with E-state index in [2.05, 4.69) is 9.47 Å². The fraction of sp³-hybridized carbons (Fsp3) is 0.400. The number of hydrogen-bond donors (Lipinski definition) is 0. The van der Waals surface area contributed by atoms with E-state index in [0.29, 0.717) is 5.56 Å². The first kappa shape index (κ1) is 18.4. The minimum absolute atomic E-state index is 0.0923. The zero-order chi connectivity index (χ0) is 17.2. The molecule has 1 atom stereocenters. The molecule has 0 saturated heterocycles. The maximum atomic E-state index is 12.7. The highest BCUT2D eigenvalue weighted by Crippen LogP contribution is 2.09. The summed E-state index contributed by atoms with van der Waals surface area (Å²) in [6.45, 7) is -0.149. The Morgan fingerprint density at radius 1 is 1.09 bits per heavy atom. The normalized spacial score (nSPS) is 11.3. The molecule has 0 aliphatic carbocycles. The summed E-state index contributed by atoms with van der Waals surface area (Å²) in [4.78, 5) is 34.2. The van der Waals surface area contributed by atoms with Crippen molar-refractivity contribution in [2.24, 2.45) is 0 Å². The van der Waals surface area contributed by atoms with Crippen molar-refractivity contribution < 1.29 is 37.7 Å². The van der Waals surface area contributed by atoms with Crippen molar-refractivity contribution in [2.75, 3.05) is 14.2 Å². The SMILES string of the molecule is COC(=O)CCC(OC(=O)OCc1ccc(F)cc1)C(=O)OC. The van der Waals surface area contributed by atoms with Gasteiger partial charge in [-0.05, 0) is 17.7 Å². The molecule has 0 radical (unpaired) electrons. The van der Waals surface area contributed by atoms with E-state index in [1.807, 2.05) is 0 Å². The molecular weight excluding hydrogens is 311 g/mol. The van der Waals surface area contributed by atoms with Gasteiger partial charge in [0.1, 0.15) is 12.4 Å². The highest BCUT2D eigenvalue weighted by Gasteiger charge is 2.25. The van der Waals surface area contributed by atoms with E-state index in [9.17, 15) is 18.8 Å². The molecule has 7 nitrogen and oxygen atoms in total. The van der Waals surface area contributed by atoms with Gasteiger partial charge in [-0.15, -0.1) is 0 Å². The van der Waals surface area contributed by atoms with Crippen LogP contribution in [0.1, 0.15) is 18.4 Å². The molecule has 8 heteroatoms. The molecule has 1 aromatic rings. The lowest BCUT2D eigenvalue weighted by atomic mass is 10.2. The Morgan fingerprint density at radius 3 is 2.30 bits per heavy atom. The summed E-state index contributed by atoms with van der Waals surface area (Å²) in [6, 6.07) is 5.32. The number of esters is 2. The fourth-order valence-corrected chi connectivity index (χ4v) is 1.58.